The van der Waals surface area contributed by atoms with Crippen LogP contribution in [-0.4, -0.2) is 54.8 Å². The Kier molecular flexibility index (Phi) is 5.59. The number of nitrogens with zero attached hydrogens (tertiary/aromatic N) is 2. The first-order valence-corrected chi connectivity index (χ1v) is 9.78. The van der Waals surface area contributed by atoms with Crippen molar-refractivity contribution < 1.29 is 19.0 Å². The second-order valence-electron chi connectivity index (χ2n) is 7.01. The first-order valence-electron chi connectivity index (χ1n) is 9.40. The van der Waals surface area contributed by atoms with E-state index in [1.165, 1.54) is 5.56 Å². The van der Waals surface area contributed by atoms with Crippen LogP contribution in [0.3, 0.4) is 0 Å². The summed E-state index contributed by atoms with van der Waals surface area (Å²) in [6.07, 6.45) is -0.543. The molecule has 0 aromatic heterocycles. The molecule has 0 aliphatic carbocycles. The van der Waals surface area contributed by atoms with Gasteiger partial charge >= 0.3 is 0 Å². The number of hydrogen-bond acceptors (Lipinski definition) is 5. The largest absolute Gasteiger partial charge is 0.481 e. The van der Waals surface area contributed by atoms with Gasteiger partial charge < -0.3 is 19.1 Å². The first-order chi connectivity index (χ1) is 13.6. The molecule has 7 heteroatoms. The van der Waals surface area contributed by atoms with E-state index in [1.54, 1.807) is 25.1 Å². The normalized spacial score (nSPS) is 17.4. The minimum Gasteiger partial charge on any atom is -0.481 e. The molecule has 0 bridgehead atoms. The van der Waals surface area contributed by atoms with Crippen LogP contribution in [0.1, 0.15) is 12.5 Å². The Morgan fingerprint density at radius 1 is 1.11 bits per heavy atom. The lowest BCUT2D eigenvalue weighted by atomic mass is 10.1. The average molecular weight is 403 g/mol. The van der Waals surface area contributed by atoms with Crippen LogP contribution in [0, 0.1) is 0 Å². The Labute approximate surface area is 169 Å². The molecule has 2 aliphatic heterocycles. The zero-order valence-electron chi connectivity index (χ0n) is 15.8. The summed E-state index contributed by atoms with van der Waals surface area (Å²) in [6, 6.07) is 13.1. The van der Waals surface area contributed by atoms with Gasteiger partial charge in [-0.15, -0.1) is 0 Å². The Bertz CT molecular complexity index is 852. The quantitative estimate of drug-likeness (QED) is 0.768. The second kappa shape index (κ2) is 8.29. The van der Waals surface area contributed by atoms with E-state index < -0.39 is 6.10 Å². The summed E-state index contributed by atoms with van der Waals surface area (Å²) in [7, 11) is 0. The van der Waals surface area contributed by atoms with Crippen LogP contribution in [-0.2, 0) is 11.3 Å². The van der Waals surface area contributed by atoms with Crippen LogP contribution in [0.2, 0.25) is 5.02 Å². The van der Waals surface area contributed by atoms with Crippen LogP contribution in [0.15, 0.2) is 42.5 Å². The fourth-order valence-corrected chi connectivity index (χ4v) is 3.66. The minimum atomic E-state index is -0.543. The summed E-state index contributed by atoms with van der Waals surface area (Å²) < 4.78 is 16.6. The van der Waals surface area contributed by atoms with Crippen LogP contribution in [0.4, 0.5) is 0 Å². The molecule has 1 amide bonds. The summed E-state index contributed by atoms with van der Waals surface area (Å²) >= 11 is 5.97. The third-order valence-electron chi connectivity index (χ3n) is 4.98. The van der Waals surface area contributed by atoms with Gasteiger partial charge in [-0.1, -0.05) is 23.7 Å². The highest BCUT2D eigenvalue weighted by molar-refractivity contribution is 6.30. The van der Waals surface area contributed by atoms with Crippen molar-refractivity contribution >= 4 is 17.5 Å². The lowest BCUT2D eigenvalue weighted by Gasteiger charge is -2.35. The third-order valence-corrected chi connectivity index (χ3v) is 5.22. The summed E-state index contributed by atoms with van der Waals surface area (Å²) in [4.78, 5) is 16.9. The molecule has 148 valence electrons. The molecule has 0 N–H and O–H groups in total. The van der Waals surface area contributed by atoms with Gasteiger partial charge in [0.25, 0.3) is 5.91 Å². The number of hydrogen-bond donors (Lipinski definition) is 0. The van der Waals surface area contributed by atoms with Gasteiger partial charge in [-0.3, -0.25) is 9.69 Å². The Morgan fingerprint density at radius 2 is 1.89 bits per heavy atom. The molecular formula is C21H23ClN2O4. The maximum atomic E-state index is 12.7. The number of fused-ring (bicyclic) bond motifs is 1. The van der Waals surface area contributed by atoms with Gasteiger partial charge in [0, 0.05) is 37.7 Å². The third kappa shape index (κ3) is 4.34. The highest BCUT2D eigenvalue weighted by Crippen LogP contribution is 2.32. The summed E-state index contributed by atoms with van der Waals surface area (Å²) in [5, 5.41) is 0.592. The lowest BCUT2D eigenvalue weighted by Crippen LogP contribution is -2.51. The molecule has 4 rings (SSSR count). The van der Waals surface area contributed by atoms with Gasteiger partial charge in [0.15, 0.2) is 17.6 Å². The molecule has 1 atom stereocenters. The molecule has 6 nitrogen and oxygen atoms in total. The van der Waals surface area contributed by atoms with Crippen LogP contribution in [0.5, 0.6) is 17.2 Å². The molecule has 0 saturated carbocycles. The van der Waals surface area contributed by atoms with Gasteiger partial charge in [-0.25, -0.2) is 0 Å². The highest BCUT2D eigenvalue weighted by Gasteiger charge is 2.26. The average Bonchev–Trinajstić information content (AvgIpc) is 3.16. The van der Waals surface area contributed by atoms with Gasteiger partial charge in [0.05, 0.1) is 0 Å². The van der Waals surface area contributed by atoms with E-state index in [0.717, 1.165) is 31.1 Å². The van der Waals surface area contributed by atoms with Crippen molar-refractivity contribution in [1.82, 2.24) is 9.80 Å². The van der Waals surface area contributed by atoms with E-state index in [2.05, 4.69) is 11.0 Å². The van der Waals surface area contributed by atoms with E-state index >= 15 is 0 Å². The van der Waals surface area contributed by atoms with Gasteiger partial charge in [-0.2, -0.15) is 0 Å². The smallest absolute Gasteiger partial charge is 0.263 e. The molecule has 2 aromatic rings. The first kappa shape index (κ1) is 18.9. The number of amides is 1. The van der Waals surface area contributed by atoms with Gasteiger partial charge in [-0.05, 0) is 42.8 Å². The number of ether oxygens (including phenoxy) is 3. The fourth-order valence-electron chi connectivity index (χ4n) is 3.48. The molecule has 1 saturated heterocycles. The monoisotopic (exact) mass is 402 g/mol. The van der Waals surface area contributed by atoms with Crippen LogP contribution < -0.4 is 14.2 Å². The Morgan fingerprint density at radius 3 is 2.68 bits per heavy atom. The van der Waals surface area contributed by atoms with Gasteiger partial charge in [0.2, 0.25) is 6.79 Å². The number of carbonyl (C=O) groups excluding carboxylic acids is 1. The standard InChI is InChI=1S/C21H23ClN2O4/c1-15(28-18-4-2-3-17(22)12-18)21(25)24-9-7-23(8-10-24)13-16-5-6-19-20(11-16)27-14-26-19/h2-6,11-12,15H,7-10,13-14H2,1H3/t15-/m0/s1. The predicted molar refractivity (Wildman–Crippen MR) is 106 cm³/mol. The van der Waals surface area contributed by atoms with Crippen molar-refractivity contribution in [3.63, 3.8) is 0 Å². The van der Waals surface area contributed by atoms with Crippen molar-refractivity contribution in [2.75, 3.05) is 33.0 Å². The number of benzene rings is 2. The minimum absolute atomic E-state index is 0.00250. The van der Waals surface area contributed by atoms with E-state index in [9.17, 15) is 4.79 Å². The van der Waals surface area contributed by atoms with Crippen LogP contribution >= 0.6 is 11.6 Å². The number of halogens is 1. The lowest BCUT2D eigenvalue weighted by molar-refractivity contribution is -0.139. The van der Waals surface area contributed by atoms with E-state index in [1.807, 2.05) is 23.1 Å². The number of rotatable bonds is 5. The summed E-state index contributed by atoms with van der Waals surface area (Å²) in [6.45, 7) is 5.91. The van der Waals surface area contributed by atoms with Crippen LogP contribution in [0.25, 0.3) is 0 Å². The van der Waals surface area contributed by atoms with Crippen molar-refractivity contribution in [1.29, 1.82) is 0 Å². The molecular weight excluding hydrogens is 380 g/mol. The van der Waals surface area contributed by atoms with Crippen molar-refractivity contribution in [3.8, 4) is 17.2 Å². The molecule has 2 aliphatic rings. The molecule has 2 heterocycles. The number of piperazine rings is 1. The Hall–Kier alpha value is -2.44. The van der Waals surface area contributed by atoms with E-state index in [-0.39, 0.29) is 12.7 Å². The Balaban J connectivity index is 1.28. The number of carbonyl (C=O) groups is 1. The molecule has 2 aromatic carbocycles. The maximum absolute atomic E-state index is 12.7. The topological polar surface area (TPSA) is 51.2 Å². The highest BCUT2D eigenvalue weighted by atomic mass is 35.5. The molecule has 1 fully saturated rings. The SMILES string of the molecule is C[C@H](Oc1cccc(Cl)c1)C(=O)N1CCN(Cc2ccc3c(c2)OCO3)CC1. The molecule has 0 unspecified atom stereocenters. The van der Waals surface area contributed by atoms with Crippen molar-refractivity contribution in [2.45, 2.75) is 19.6 Å². The fraction of sp³-hybridized carbons (Fsp3) is 0.381. The van der Waals surface area contributed by atoms with Crippen molar-refractivity contribution in [2.24, 2.45) is 0 Å². The van der Waals surface area contributed by atoms with E-state index in [0.29, 0.717) is 23.9 Å². The van der Waals surface area contributed by atoms with E-state index in [4.69, 9.17) is 25.8 Å². The predicted octanol–water partition coefficient (Wildman–Crippen LogP) is 3.18. The van der Waals surface area contributed by atoms with Gasteiger partial charge in [0.1, 0.15) is 5.75 Å². The maximum Gasteiger partial charge on any atom is 0.263 e. The molecule has 0 spiro atoms. The second-order valence-corrected chi connectivity index (χ2v) is 7.44. The molecule has 28 heavy (non-hydrogen) atoms. The zero-order valence-corrected chi connectivity index (χ0v) is 16.5. The summed E-state index contributed by atoms with van der Waals surface area (Å²) in [5.41, 5.74) is 1.18. The summed E-state index contributed by atoms with van der Waals surface area (Å²) in [5.74, 6) is 2.21. The molecule has 0 radical (unpaired) electrons. The zero-order chi connectivity index (χ0) is 19.5. The van der Waals surface area contributed by atoms with Crippen molar-refractivity contribution in [3.05, 3.63) is 53.1 Å².